The van der Waals surface area contributed by atoms with Crippen LogP contribution in [0.15, 0.2) is 102 Å². The number of benzene rings is 4. The minimum absolute atomic E-state index is 0.132. The highest BCUT2D eigenvalue weighted by Crippen LogP contribution is 2.28. The molecule has 4 aromatic carbocycles. The van der Waals surface area contributed by atoms with Crippen LogP contribution in [0.25, 0.3) is 0 Å². The number of anilines is 1. The number of nitrogens with one attached hydrogen (secondary N) is 2. The first-order valence-corrected chi connectivity index (χ1v) is 12.9. The smallest absolute Gasteiger partial charge is 0.261 e. The van der Waals surface area contributed by atoms with Gasteiger partial charge in [0.05, 0.1) is 21.5 Å². The van der Waals surface area contributed by atoms with Crippen molar-refractivity contribution in [3.63, 3.8) is 0 Å². The Balaban J connectivity index is 1.64. The molecular weight excluding hydrogens is 480 g/mol. The topological polar surface area (TPSA) is 75.3 Å². The summed E-state index contributed by atoms with van der Waals surface area (Å²) in [6, 6.07) is 28.1. The molecule has 0 saturated heterocycles. The van der Waals surface area contributed by atoms with Crippen molar-refractivity contribution in [2.75, 3.05) is 4.72 Å². The summed E-state index contributed by atoms with van der Waals surface area (Å²) in [5.74, 6) is -0.413. The van der Waals surface area contributed by atoms with Gasteiger partial charge in [-0.15, -0.1) is 0 Å². The molecule has 7 heteroatoms. The molecule has 4 rings (SSSR count). The average molecular weight is 505 g/mol. The van der Waals surface area contributed by atoms with Crippen LogP contribution in [0.5, 0.6) is 0 Å². The third kappa shape index (κ3) is 5.73. The van der Waals surface area contributed by atoms with Crippen LogP contribution in [0.4, 0.5) is 5.69 Å². The summed E-state index contributed by atoms with van der Waals surface area (Å²) in [4.78, 5) is 13.5. The number of amides is 1. The van der Waals surface area contributed by atoms with Gasteiger partial charge in [0, 0.05) is 5.69 Å². The number of hydrogen-bond donors (Lipinski definition) is 2. The van der Waals surface area contributed by atoms with Gasteiger partial charge in [0.25, 0.3) is 15.9 Å². The third-order valence-electron chi connectivity index (χ3n) is 5.70. The van der Waals surface area contributed by atoms with E-state index in [2.05, 4.69) is 10.0 Å². The lowest BCUT2D eigenvalue weighted by Gasteiger charge is -2.22. The molecule has 0 aliphatic heterocycles. The molecule has 0 fully saturated rings. The highest BCUT2D eigenvalue weighted by Gasteiger charge is 2.22. The summed E-state index contributed by atoms with van der Waals surface area (Å²) in [5.41, 5.74) is 4.28. The predicted molar refractivity (Wildman–Crippen MR) is 140 cm³/mol. The van der Waals surface area contributed by atoms with Gasteiger partial charge in [-0.1, -0.05) is 83.9 Å². The third-order valence-corrected chi connectivity index (χ3v) is 7.43. The lowest BCUT2D eigenvalue weighted by atomic mass is 9.94. The van der Waals surface area contributed by atoms with Gasteiger partial charge in [-0.3, -0.25) is 9.52 Å². The van der Waals surface area contributed by atoms with Crippen LogP contribution in [0.1, 0.15) is 38.7 Å². The molecule has 5 nitrogen and oxygen atoms in total. The minimum Gasteiger partial charge on any atom is -0.341 e. The molecule has 0 radical (unpaired) electrons. The predicted octanol–water partition coefficient (Wildman–Crippen LogP) is 6.28. The quantitative estimate of drug-likeness (QED) is 0.311. The summed E-state index contributed by atoms with van der Waals surface area (Å²) in [7, 11) is -3.82. The number of halogens is 1. The van der Waals surface area contributed by atoms with Crippen LogP contribution in [-0.2, 0) is 10.0 Å². The van der Waals surface area contributed by atoms with Crippen molar-refractivity contribution in [2.24, 2.45) is 0 Å². The van der Waals surface area contributed by atoms with Gasteiger partial charge in [-0.05, 0) is 60.9 Å². The van der Waals surface area contributed by atoms with E-state index in [9.17, 15) is 13.2 Å². The van der Waals surface area contributed by atoms with Crippen molar-refractivity contribution in [1.82, 2.24) is 5.32 Å². The molecule has 1 atom stereocenters. The van der Waals surface area contributed by atoms with Gasteiger partial charge in [-0.25, -0.2) is 8.42 Å². The fourth-order valence-electron chi connectivity index (χ4n) is 3.80. The van der Waals surface area contributed by atoms with E-state index >= 15 is 0 Å². The van der Waals surface area contributed by atoms with Gasteiger partial charge in [0.15, 0.2) is 0 Å². The Kier molecular flexibility index (Phi) is 7.24. The maximum Gasteiger partial charge on any atom is 0.261 e. The summed E-state index contributed by atoms with van der Waals surface area (Å²) < 4.78 is 28.2. The Morgan fingerprint density at radius 3 is 2.17 bits per heavy atom. The minimum atomic E-state index is -3.82. The monoisotopic (exact) mass is 504 g/mol. The molecule has 0 spiro atoms. The lowest BCUT2D eigenvalue weighted by Crippen LogP contribution is -2.30. The molecule has 35 heavy (non-hydrogen) atoms. The zero-order valence-corrected chi connectivity index (χ0v) is 20.9. The fraction of sp³-hybridized carbons (Fsp3) is 0.107. The highest BCUT2D eigenvalue weighted by atomic mass is 35.5. The van der Waals surface area contributed by atoms with Crippen LogP contribution in [0.2, 0.25) is 5.02 Å². The Morgan fingerprint density at radius 2 is 1.49 bits per heavy atom. The van der Waals surface area contributed by atoms with Crippen molar-refractivity contribution < 1.29 is 13.2 Å². The maximum atomic E-state index is 13.4. The summed E-state index contributed by atoms with van der Waals surface area (Å²) in [5, 5.41) is 3.29. The maximum absolute atomic E-state index is 13.4. The lowest BCUT2D eigenvalue weighted by molar-refractivity contribution is 0.0943. The number of sulfonamides is 1. The van der Waals surface area contributed by atoms with E-state index in [4.69, 9.17) is 11.6 Å². The largest absolute Gasteiger partial charge is 0.341 e. The molecule has 0 aromatic heterocycles. The number of hydrogen-bond acceptors (Lipinski definition) is 3. The molecule has 2 N–H and O–H groups in total. The molecular formula is C28H25ClN2O3S. The molecule has 178 valence electrons. The molecule has 0 heterocycles. The molecule has 0 saturated carbocycles. The average Bonchev–Trinajstić information content (AvgIpc) is 2.85. The Labute approximate surface area is 210 Å². The van der Waals surface area contributed by atoms with E-state index in [1.807, 2.05) is 68.4 Å². The first kappa shape index (κ1) is 24.5. The van der Waals surface area contributed by atoms with Gasteiger partial charge >= 0.3 is 0 Å². The summed E-state index contributed by atoms with van der Waals surface area (Å²) >= 11 is 6.37. The number of carbonyl (C=O) groups is 1. The summed E-state index contributed by atoms with van der Waals surface area (Å²) in [6.07, 6.45) is 0. The highest BCUT2D eigenvalue weighted by molar-refractivity contribution is 7.92. The van der Waals surface area contributed by atoms with Crippen LogP contribution in [-0.4, -0.2) is 14.3 Å². The number of carbonyl (C=O) groups excluding carboxylic acids is 1. The molecule has 0 aliphatic carbocycles. The molecule has 0 aliphatic rings. The molecule has 0 bridgehead atoms. The zero-order valence-electron chi connectivity index (χ0n) is 19.3. The van der Waals surface area contributed by atoms with E-state index in [1.165, 1.54) is 30.3 Å². The fourth-order valence-corrected chi connectivity index (χ4v) is 5.05. The van der Waals surface area contributed by atoms with E-state index in [1.54, 1.807) is 12.1 Å². The van der Waals surface area contributed by atoms with Gasteiger partial charge in [0.1, 0.15) is 0 Å². The van der Waals surface area contributed by atoms with Crippen LogP contribution < -0.4 is 10.0 Å². The number of aryl methyl sites for hydroxylation is 2. The van der Waals surface area contributed by atoms with Crippen molar-refractivity contribution in [3.05, 3.63) is 130 Å². The molecule has 4 aromatic rings. The standard InChI is InChI=1S/C28H25ClN2O3S/c1-19-12-15-23(16-13-19)35(33,34)31-22-14-17-26(29)25(18-22)28(32)30-27(21-9-4-3-5-10-21)24-11-7-6-8-20(24)2/h3-18,27,31H,1-2H3,(H,30,32)/t27-/m1/s1. The summed E-state index contributed by atoms with van der Waals surface area (Å²) in [6.45, 7) is 3.87. The Morgan fingerprint density at radius 1 is 0.829 bits per heavy atom. The zero-order chi connectivity index (χ0) is 25.0. The second-order valence-corrected chi connectivity index (χ2v) is 10.4. The Bertz CT molecular complexity index is 1450. The van der Waals surface area contributed by atoms with Crippen LogP contribution in [0.3, 0.4) is 0 Å². The first-order valence-electron chi connectivity index (χ1n) is 11.0. The second kappa shape index (κ2) is 10.3. The normalized spacial score (nSPS) is 12.1. The van der Waals surface area contributed by atoms with Crippen LogP contribution in [0, 0.1) is 13.8 Å². The van der Waals surface area contributed by atoms with E-state index in [0.717, 1.165) is 22.3 Å². The van der Waals surface area contributed by atoms with Crippen molar-refractivity contribution in [2.45, 2.75) is 24.8 Å². The van der Waals surface area contributed by atoms with E-state index in [0.29, 0.717) is 0 Å². The van der Waals surface area contributed by atoms with E-state index in [-0.39, 0.29) is 21.2 Å². The second-order valence-electron chi connectivity index (χ2n) is 8.29. The van der Waals surface area contributed by atoms with Crippen molar-refractivity contribution >= 4 is 33.2 Å². The SMILES string of the molecule is Cc1ccc(S(=O)(=O)Nc2ccc(Cl)c(C(=O)N[C@H](c3ccccc3)c3ccccc3C)c2)cc1. The van der Waals surface area contributed by atoms with Gasteiger partial charge < -0.3 is 5.32 Å². The van der Waals surface area contributed by atoms with E-state index < -0.39 is 22.0 Å². The van der Waals surface area contributed by atoms with Gasteiger partial charge in [0.2, 0.25) is 0 Å². The van der Waals surface area contributed by atoms with Crippen molar-refractivity contribution in [1.29, 1.82) is 0 Å². The van der Waals surface area contributed by atoms with Crippen molar-refractivity contribution in [3.8, 4) is 0 Å². The van der Waals surface area contributed by atoms with Crippen LogP contribution >= 0.6 is 11.6 Å². The Hall–Kier alpha value is -3.61. The first-order chi connectivity index (χ1) is 16.7. The molecule has 1 amide bonds. The number of rotatable bonds is 7. The van der Waals surface area contributed by atoms with Gasteiger partial charge in [-0.2, -0.15) is 0 Å². The molecule has 0 unspecified atom stereocenters.